The number of fused-ring (bicyclic) bond motifs is 2. The summed E-state index contributed by atoms with van der Waals surface area (Å²) in [6.45, 7) is 0.510. The second-order valence-electron chi connectivity index (χ2n) is 13.8. The van der Waals surface area contributed by atoms with Gasteiger partial charge in [0.05, 0.1) is 0 Å². The molecule has 2 aromatic heterocycles. The van der Waals surface area contributed by atoms with Crippen LogP contribution in [0.5, 0.6) is 11.5 Å². The number of likely N-dealkylation sites (tertiary alicyclic amines) is 1. The minimum atomic E-state index is -3.10. The lowest BCUT2D eigenvalue weighted by molar-refractivity contribution is -0.147. The number of hydrogen-bond acceptors (Lipinski definition) is 10. The lowest BCUT2D eigenvalue weighted by Gasteiger charge is -2.17. The molecule has 0 spiro atoms. The maximum atomic E-state index is 13.4. The van der Waals surface area contributed by atoms with Gasteiger partial charge < -0.3 is 28.4 Å². The second kappa shape index (κ2) is 15.3. The molecule has 14 heteroatoms. The van der Waals surface area contributed by atoms with E-state index in [2.05, 4.69) is 10.2 Å². The molecular weight excluding hydrogens is 720 g/mol. The monoisotopic (exact) mass is 758 g/mol. The maximum Gasteiger partial charge on any atom is 0.387 e. The van der Waals surface area contributed by atoms with Crippen molar-refractivity contribution in [2.75, 3.05) is 19.6 Å². The molecule has 2 saturated heterocycles. The van der Waals surface area contributed by atoms with Crippen molar-refractivity contribution in [1.82, 2.24) is 20.2 Å². The van der Waals surface area contributed by atoms with Gasteiger partial charge in [0.2, 0.25) is 11.8 Å². The molecule has 0 saturated carbocycles. The predicted molar refractivity (Wildman–Crippen MR) is 196 cm³/mol. The standard InChI is InChI=1S/C41H38F4N4O6/c1-22-26(8-5-10-28(22)37-47-31-16-24(20-49-14-3-4-15-49)33(54-40(42)43)18-35(31)52-37)27-9-6-11-29(23(27)2)38-48-32-17-25(21-51-39(50)30-12-7-13-46-30)34(55-41(44)45)19-36(32)53-38/h5-6,8-11,16-19,30,40-41,46H,3-4,7,12-15,20-21H2,1-2H3/t30-/m1/s1. The van der Waals surface area contributed by atoms with Gasteiger partial charge in [-0.1, -0.05) is 24.3 Å². The molecule has 10 nitrogen and oxygen atoms in total. The average Bonchev–Trinajstić information content (AvgIpc) is 3.99. The SMILES string of the molecule is Cc1c(-c2nc3cc(COC(=O)[C@H]4CCCN4)c(OC(F)F)cc3o2)cccc1-c1cccc(-c2nc3cc(CN4CCCC4)c(OC(F)F)cc3o2)c1C. The van der Waals surface area contributed by atoms with Crippen molar-refractivity contribution in [1.29, 1.82) is 0 Å². The summed E-state index contributed by atoms with van der Waals surface area (Å²) >= 11 is 0. The zero-order chi connectivity index (χ0) is 38.2. The van der Waals surface area contributed by atoms with Crippen LogP contribution in [-0.4, -0.2) is 59.7 Å². The number of esters is 1. The maximum absolute atomic E-state index is 13.4. The van der Waals surface area contributed by atoms with Crippen LogP contribution in [0.2, 0.25) is 0 Å². The summed E-state index contributed by atoms with van der Waals surface area (Å²) in [6.07, 6.45) is 3.62. The second-order valence-corrected chi connectivity index (χ2v) is 13.8. The van der Waals surface area contributed by atoms with Gasteiger partial charge in [-0.15, -0.1) is 0 Å². The fourth-order valence-electron chi connectivity index (χ4n) is 7.51. The van der Waals surface area contributed by atoms with Gasteiger partial charge in [-0.05, 0) is 106 Å². The van der Waals surface area contributed by atoms with Crippen molar-refractivity contribution in [3.63, 3.8) is 0 Å². The van der Waals surface area contributed by atoms with Crippen LogP contribution in [0.15, 0.2) is 69.5 Å². The highest BCUT2D eigenvalue weighted by atomic mass is 19.3. The molecule has 1 atom stereocenters. The van der Waals surface area contributed by atoms with Gasteiger partial charge in [-0.3, -0.25) is 9.69 Å². The number of carbonyl (C=O) groups excluding carboxylic acids is 1. The Bertz CT molecular complexity index is 2360. The molecule has 286 valence electrons. The first-order valence-corrected chi connectivity index (χ1v) is 18.2. The highest BCUT2D eigenvalue weighted by Gasteiger charge is 2.26. The molecule has 2 aliphatic heterocycles. The zero-order valence-electron chi connectivity index (χ0n) is 30.2. The molecule has 1 N–H and O–H groups in total. The average molecular weight is 759 g/mol. The number of carbonyl (C=O) groups is 1. The number of rotatable bonds is 12. The highest BCUT2D eigenvalue weighted by molar-refractivity contribution is 5.85. The van der Waals surface area contributed by atoms with E-state index in [1.165, 1.54) is 18.2 Å². The Hall–Kier alpha value is -5.47. The zero-order valence-corrected chi connectivity index (χ0v) is 30.2. The van der Waals surface area contributed by atoms with Crippen LogP contribution in [0, 0.1) is 13.8 Å². The van der Waals surface area contributed by atoms with E-state index in [0.717, 1.165) is 60.2 Å². The van der Waals surface area contributed by atoms with Crippen LogP contribution in [0.25, 0.3) is 56.2 Å². The van der Waals surface area contributed by atoms with Crippen molar-refractivity contribution < 1.29 is 45.4 Å². The molecular formula is C41H38F4N4O6. The number of aromatic nitrogens is 2. The van der Waals surface area contributed by atoms with Crippen molar-refractivity contribution in [2.24, 2.45) is 0 Å². The summed E-state index contributed by atoms with van der Waals surface area (Å²) in [5.74, 6) is 0.0470. The third kappa shape index (κ3) is 7.61. The van der Waals surface area contributed by atoms with Crippen molar-refractivity contribution in [3.8, 4) is 45.5 Å². The van der Waals surface area contributed by atoms with Crippen LogP contribution < -0.4 is 14.8 Å². The van der Waals surface area contributed by atoms with Crippen LogP contribution >= 0.6 is 0 Å². The van der Waals surface area contributed by atoms with E-state index in [1.807, 2.05) is 50.2 Å². The van der Waals surface area contributed by atoms with Crippen LogP contribution in [-0.2, 0) is 22.7 Å². The van der Waals surface area contributed by atoms with E-state index in [0.29, 0.717) is 53.1 Å². The lowest BCUT2D eigenvalue weighted by Crippen LogP contribution is -2.32. The summed E-state index contributed by atoms with van der Waals surface area (Å²) < 4.78 is 81.0. The lowest BCUT2D eigenvalue weighted by atomic mass is 9.91. The number of benzene rings is 4. The molecule has 0 amide bonds. The molecule has 0 radical (unpaired) electrons. The molecule has 6 aromatic rings. The first kappa shape index (κ1) is 36.5. The van der Waals surface area contributed by atoms with Crippen molar-refractivity contribution >= 4 is 28.2 Å². The third-order valence-electron chi connectivity index (χ3n) is 10.3. The molecule has 4 aromatic carbocycles. The number of nitrogens with one attached hydrogen (secondary N) is 1. The molecule has 0 unspecified atom stereocenters. The number of nitrogens with zero attached hydrogens (tertiary/aromatic N) is 3. The Morgan fingerprint density at radius 2 is 1.31 bits per heavy atom. The van der Waals surface area contributed by atoms with Gasteiger partial charge in [-0.2, -0.15) is 17.6 Å². The van der Waals surface area contributed by atoms with Gasteiger partial charge in [-0.25, -0.2) is 9.97 Å². The highest BCUT2D eigenvalue weighted by Crippen LogP contribution is 2.39. The van der Waals surface area contributed by atoms with Gasteiger partial charge in [0.1, 0.15) is 35.2 Å². The fraction of sp³-hybridized carbons (Fsp3) is 0.341. The molecule has 55 heavy (non-hydrogen) atoms. The Morgan fingerprint density at radius 3 is 1.84 bits per heavy atom. The van der Waals surface area contributed by atoms with Gasteiger partial charge in [0, 0.05) is 40.9 Å². The third-order valence-corrected chi connectivity index (χ3v) is 10.3. The van der Waals surface area contributed by atoms with E-state index in [9.17, 15) is 22.4 Å². The number of ether oxygens (including phenoxy) is 3. The first-order valence-electron chi connectivity index (χ1n) is 18.2. The Morgan fingerprint density at radius 1 is 0.782 bits per heavy atom. The molecule has 8 rings (SSSR count). The smallest absolute Gasteiger partial charge is 0.387 e. The summed E-state index contributed by atoms with van der Waals surface area (Å²) in [6, 6.07) is 17.1. The van der Waals surface area contributed by atoms with Gasteiger partial charge in [0.15, 0.2) is 11.2 Å². The minimum Gasteiger partial charge on any atom is -0.460 e. The summed E-state index contributed by atoms with van der Waals surface area (Å²) in [7, 11) is 0. The topological polar surface area (TPSA) is 112 Å². The fourth-order valence-corrected chi connectivity index (χ4v) is 7.51. The molecule has 2 fully saturated rings. The number of alkyl halides is 4. The van der Waals surface area contributed by atoms with Gasteiger partial charge >= 0.3 is 19.2 Å². The summed E-state index contributed by atoms with van der Waals surface area (Å²) in [5, 5.41) is 3.06. The van der Waals surface area contributed by atoms with E-state index >= 15 is 0 Å². The van der Waals surface area contributed by atoms with E-state index in [4.69, 9.17) is 33.0 Å². The number of halogens is 4. The van der Waals surface area contributed by atoms with Crippen LogP contribution in [0.1, 0.15) is 47.9 Å². The number of hydrogen-bond donors (Lipinski definition) is 1. The Kier molecular flexibility index (Phi) is 10.2. The van der Waals surface area contributed by atoms with Crippen molar-refractivity contribution in [3.05, 3.63) is 82.9 Å². The molecule has 0 aliphatic carbocycles. The van der Waals surface area contributed by atoms with Crippen molar-refractivity contribution in [2.45, 2.75) is 71.9 Å². The Labute approximate surface area is 313 Å². The largest absolute Gasteiger partial charge is 0.460 e. The van der Waals surface area contributed by atoms with Gasteiger partial charge in [0.25, 0.3) is 0 Å². The first-order chi connectivity index (χ1) is 26.6. The summed E-state index contributed by atoms with van der Waals surface area (Å²) in [5.41, 5.74) is 7.22. The van der Waals surface area contributed by atoms with E-state index < -0.39 is 25.2 Å². The Balaban J connectivity index is 1.11. The van der Waals surface area contributed by atoms with Crippen LogP contribution in [0.3, 0.4) is 0 Å². The quantitative estimate of drug-likeness (QED) is 0.0958. The molecule has 2 aliphatic rings. The van der Waals surface area contributed by atoms with E-state index in [1.54, 1.807) is 6.07 Å². The molecule has 4 heterocycles. The molecule has 0 bridgehead atoms. The minimum absolute atomic E-state index is 0.0727. The van der Waals surface area contributed by atoms with Crippen LogP contribution in [0.4, 0.5) is 17.6 Å². The predicted octanol–water partition coefficient (Wildman–Crippen LogP) is 9.18. The number of oxazole rings is 2. The van der Waals surface area contributed by atoms with E-state index in [-0.39, 0.29) is 35.1 Å². The normalized spacial score (nSPS) is 16.3. The summed E-state index contributed by atoms with van der Waals surface area (Å²) in [4.78, 5) is 24.2.